The Labute approximate surface area is 111 Å². The Morgan fingerprint density at radius 3 is 3.00 bits per heavy atom. The van der Waals surface area contributed by atoms with Crippen molar-refractivity contribution in [3.05, 3.63) is 23.4 Å². The normalized spacial score (nSPS) is 9.78. The third kappa shape index (κ3) is 4.68. The largest absolute Gasteiger partial charge is 0.478 e. The number of carboxylic acid groups (broad SMARTS) is 1. The van der Waals surface area contributed by atoms with Crippen molar-refractivity contribution in [1.29, 1.82) is 0 Å². The molecule has 0 atom stereocenters. The third-order valence-corrected chi connectivity index (χ3v) is 3.09. The number of nitrogens with zero attached hydrogens (tertiary/aromatic N) is 1. The number of terminal acetylenes is 1. The molecule has 0 aliphatic heterocycles. The van der Waals surface area contributed by atoms with Gasteiger partial charge in [0.05, 0.1) is 11.3 Å². The molecule has 0 radical (unpaired) electrons. The van der Waals surface area contributed by atoms with Crippen LogP contribution < -0.4 is 5.32 Å². The molecule has 5 heteroatoms. The molecule has 1 heterocycles. The van der Waals surface area contributed by atoms with Gasteiger partial charge in [-0.15, -0.1) is 18.2 Å². The van der Waals surface area contributed by atoms with E-state index in [4.69, 9.17) is 11.5 Å². The van der Waals surface area contributed by atoms with Crippen molar-refractivity contribution in [2.75, 3.05) is 23.4 Å². The summed E-state index contributed by atoms with van der Waals surface area (Å²) < 4.78 is 0. The first-order valence-corrected chi connectivity index (χ1v) is 6.82. The zero-order valence-electron chi connectivity index (χ0n) is 10.3. The van der Waals surface area contributed by atoms with Gasteiger partial charge >= 0.3 is 5.97 Å². The number of hydrogen-bond donors (Lipinski definition) is 2. The molecule has 18 heavy (non-hydrogen) atoms. The van der Waals surface area contributed by atoms with Crippen LogP contribution in [0, 0.1) is 12.3 Å². The van der Waals surface area contributed by atoms with Gasteiger partial charge in [0, 0.05) is 18.0 Å². The highest BCUT2D eigenvalue weighted by atomic mass is 32.2. The average Bonchev–Trinajstić information content (AvgIpc) is 2.38. The molecular weight excluding hydrogens is 248 g/mol. The number of rotatable bonds is 7. The van der Waals surface area contributed by atoms with E-state index in [1.54, 1.807) is 23.9 Å². The van der Waals surface area contributed by atoms with Crippen LogP contribution in [0.15, 0.2) is 12.1 Å². The Morgan fingerprint density at radius 1 is 1.61 bits per heavy atom. The molecule has 1 rings (SSSR count). The van der Waals surface area contributed by atoms with Crippen molar-refractivity contribution >= 4 is 23.5 Å². The van der Waals surface area contributed by atoms with E-state index in [0.29, 0.717) is 24.5 Å². The predicted molar refractivity (Wildman–Crippen MR) is 75.2 cm³/mol. The summed E-state index contributed by atoms with van der Waals surface area (Å²) in [4.78, 5) is 15.3. The van der Waals surface area contributed by atoms with Crippen LogP contribution >= 0.6 is 11.8 Å². The summed E-state index contributed by atoms with van der Waals surface area (Å²) in [7, 11) is 0. The molecule has 0 fully saturated rings. The van der Waals surface area contributed by atoms with E-state index < -0.39 is 5.97 Å². The number of carboxylic acids is 1. The van der Waals surface area contributed by atoms with Crippen LogP contribution in [-0.4, -0.2) is 34.1 Å². The zero-order valence-corrected chi connectivity index (χ0v) is 11.1. The molecule has 0 spiro atoms. The zero-order chi connectivity index (χ0) is 13.4. The Morgan fingerprint density at radius 2 is 2.39 bits per heavy atom. The fourth-order valence-electron chi connectivity index (χ4n) is 1.37. The maximum atomic E-state index is 11.0. The molecule has 1 aromatic heterocycles. The number of aromatic nitrogens is 1. The van der Waals surface area contributed by atoms with Gasteiger partial charge in [0.1, 0.15) is 5.82 Å². The van der Waals surface area contributed by atoms with Crippen LogP contribution in [0.1, 0.15) is 23.0 Å². The van der Waals surface area contributed by atoms with Crippen LogP contribution in [-0.2, 0) is 6.42 Å². The van der Waals surface area contributed by atoms with Crippen molar-refractivity contribution in [3.63, 3.8) is 0 Å². The molecule has 0 saturated carbocycles. The minimum Gasteiger partial charge on any atom is -0.478 e. The smallest absolute Gasteiger partial charge is 0.335 e. The average molecular weight is 264 g/mol. The number of aryl methyl sites for hydroxylation is 1. The maximum Gasteiger partial charge on any atom is 0.335 e. The van der Waals surface area contributed by atoms with E-state index in [1.807, 2.05) is 6.92 Å². The summed E-state index contributed by atoms with van der Waals surface area (Å²) in [6.07, 6.45) is 5.85. The van der Waals surface area contributed by atoms with E-state index >= 15 is 0 Å². The van der Waals surface area contributed by atoms with E-state index in [0.717, 1.165) is 11.4 Å². The molecule has 96 valence electrons. The summed E-state index contributed by atoms with van der Waals surface area (Å²) in [5.41, 5.74) is 1.04. The SMILES string of the molecule is C#CCSCCNc1cc(C(=O)O)cc(CC)n1. The molecule has 4 nitrogen and oxygen atoms in total. The van der Waals surface area contributed by atoms with Crippen molar-refractivity contribution in [3.8, 4) is 12.3 Å². The Kier molecular flexibility index (Phi) is 6.09. The van der Waals surface area contributed by atoms with Gasteiger partial charge in [-0.2, -0.15) is 0 Å². The van der Waals surface area contributed by atoms with Crippen LogP contribution in [0.4, 0.5) is 5.82 Å². The maximum absolute atomic E-state index is 11.0. The molecule has 0 saturated heterocycles. The second-order valence-electron chi connectivity index (χ2n) is 3.57. The molecular formula is C13H16N2O2S. The fourth-order valence-corrected chi connectivity index (χ4v) is 1.87. The number of nitrogens with one attached hydrogen (secondary N) is 1. The summed E-state index contributed by atoms with van der Waals surface area (Å²) in [5.74, 6) is 3.77. The first-order chi connectivity index (χ1) is 8.67. The first kappa shape index (κ1) is 14.4. The minimum atomic E-state index is -0.933. The van der Waals surface area contributed by atoms with Gasteiger partial charge in [-0.05, 0) is 18.6 Å². The van der Waals surface area contributed by atoms with Gasteiger partial charge in [0.2, 0.25) is 0 Å². The van der Waals surface area contributed by atoms with Gasteiger partial charge in [-0.3, -0.25) is 0 Å². The standard InChI is InChI=1S/C13H16N2O2S/c1-3-6-18-7-5-14-12-9-10(13(16)17)8-11(4-2)15-12/h1,8-9H,4-7H2,2H3,(H,14,15)(H,16,17). The number of anilines is 1. The van der Waals surface area contributed by atoms with Crippen molar-refractivity contribution in [1.82, 2.24) is 4.98 Å². The molecule has 0 amide bonds. The number of carbonyl (C=O) groups is 1. The minimum absolute atomic E-state index is 0.264. The van der Waals surface area contributed by atoms with E-state index in [1.165, 1.54) is 0 Å². The molecule has 1 aromatic rings. The second-order valence-corrected chi connectivity index (χ2v) is 4.68. The molecule has 2 N–H and O–H groups in total. The number of pyridine rings is 1. The summed E-state index contributed by atoms with van der Waals surface area (Å²) in [6, 6.07) is 3.15. The van der Waals surface area contributed by atoms with Gasteiger partial charge < -0.3 is 10.4 Å². The quantitative estimate of drug-likeness (QED) is 0.583. The highest BCUT2D eigenvalue weighted by Crippen LogP contribution is 2.11. The predicted octanol–water partition coefficient (Wildman–Crippen LogP) is 2.12. The lowest BCUT2D eigenvalue weighted by atomic mass is 10.2. The molecule has 0 aliphatic carbocycles. The van der Waals surface area contributed by atoms with Gasteiger partial charge in [0.15, 0.2) is 0 Å². The number of hydrogen-bond acceptors (Lipinski definition) is 4. The highest BCUT2D eigenvalue weighted by molar-refractivity contribution is 7.99. The Bertz CT molecular complexity index is 455. The van der Waals surface area contributed by atoms with E-state index in [9.17, 15) is 4.79 Å². The lowest BCUT2D eigenvalue weighted by Crippen LogP contribution is -2.09. The summed E-state index contributed by atoms with van der Waals surface area (Å²) in [6.45, 7) is 2.66. The molecule has 0 unspecified atom stereocenters. The van der Waals surface area contributed by atoms with Gasteiger partial charge in [0.25, 0.3) is 0 Å². The van der Waals surface area contributed by atoms with Crippen LogP contribution in [0.5, 0.6) is 0 Å². The van der Waals surface area contributed by atoms with Crippen molar-refractivity contribution in [2.45, 2.75) is 13.3 Å². The topological polar surface area (TPSA) is 62.2 Å². The summed E-state index contributed by atoms with van der Waals surface area (Å²) >= 11 is 1.65. The number of aromatic carboxylic acids is 1. The Hall–Kier alpha value is -1.67. The van der Waals surface area contributed by atoms with Crippen LogP contribution in [0.2, 0.25) is 0 Å². The molecule has 0 aliphatic rings. The van der Waals surface area contributed by atoms with Crippen LogP contribution in [0.25, 0.3) is 0 Å². The lowest BCUT2D eigenvalue weighted by Gasteiger charge is -2.08. The van der Waals surface area contributed by atoms with E-state index in [2.05, 4.69) is 16.2 Å². The van der Waals surface area contributed by atoms with E-state index in [-0.39, 0.29) is 5.56 Å². The van der Waals surface area contributed by atoms with Crippen molar-refractivity contribution in [2.24, 2.45) is 0 Å². The first-order valence-electron chi connectivity index (χ1n) is 5.66. The third-order valence-electron chi connectivity index (χ3n) is 2.23. The molecule has 0 bridgehead atoms. The van der Waals surface area contributed by atoms with Gasteiger partial charge in [-0.1, -0.05) is 12.8 Å². The second kappa shape index (κ2) is 7.62. The fraction of sp³-hybridized carbons (Fsp3) is 0.385. The lowest BCUT2D eigenvalue weighted by molar-refractivity contribution is 0.0696. The van der Waals surface area contributed by atoms with Crippen LogP contribution in [0.3, 0.4) is 0 Å². The molecule has 0 aromatic carbocycles. The van der Waals surface area contributed by atoms with Gasteiger partial charge in [-0.25, -0.2) is 9.78 Å². The Balaban J connectivity index is 2.62. The summed E-state index contributed by atoms with van der Waals surface area (Å²) in [5, 5.41) is 12.1. The monoisotopic (exact) mass is 264 g/mol. The highest BCUT2D eigenvalue weighted by Gasteiger charge is 2.07. The number of thioether (sulfide) groups is 1. The van der Waals surface area contributed by atoms with Crippen molar-refractivity contribution < 1.29 is 9.90 Å².